The Balaban J connectivity index is 0.00000280. The third-order valence-corrected chi connectivity index (χ3v) is 4.63. The second kappa shape index (κ2) is 9.59. The fraction of sp³-hybridized carbons (Fsp3) is 0.286. The van der Waals surface area contributed by atoms with E-state index in [9.17, 15) is 15.0 Å². The summed E-state index contributed by atoms with van der Waals surface area (Å²) in [6, 6.07) is 14.2. The van der Waals surface area contributed by atoms with Crippen molar-refractivity contribution in [3.05, 3.63) is 70.0 Å². The van der Waals surface area contributed by atoms with Gasteiger partial charge in [0.25, 0.3) is 0 Å². The Hall–Kier alpha value is -2.54. The van der Waals surface area contributed by atoms with Gasteiger partial charge in [0, 0.05) is 24.0 Å². The monoisotopic (exact) mass is 404 g/mol. The molecule has 150 valence electrons. The molecule has 1 heterocycles. The molecule has 28 heavy (non-hydrogen) atoms. The van der Waals surface area contributed by atoms with E-state index < -0.39 is 6.10 Å². The average Bonchev–Trinajstić information content (AvgIpc) is 2.67. The molecule has 0 saturated heterocycles. The maximum absolute atomic E-state index is 11.5. The summed E-state index contributed by atoms with van der Waals surface area (Å²) < 4.78 is 5.16. The maximum Gasteiger partial charge on any atom is 0.248 e. The minimum absolute atomic E-state index is 0. The number of rotatable bonds is 7. The number of aromatic hydroxyl groups is 1. The molecule has 0 saturated carbocycles. The van der Waals surface area contributed by atoms with Gasteiger partial charge in [-0.05, 0) is 48.7 Å². The number of H-pyrrole nitrogens is 1. The van der Waals surface area contributed by atoms with Crippen molar-refractivity contribution < 1.29 is 14.9 Å². The zero-order valence-corrected chi connectivity index (χ0v) is 16.6. The van der Waals surface area contributed by atoms with Gasteiger partial charge >= 0.3 is 0 Å². The SMILES string of the molecule is COc1ccc(C[C@@H](C)NC[C@H](O)c2ccc(O)c3[nH]c(=O)ccc23)cc1.Cl. The first-order valence-electron chi connectivity index (χ1n) is 8.87. The minimum Gasteiger partial charge on any atom is -0.506 e. The van der Waals surface area contributed by atoms with Crippen molar-refractivity contribution in [3.63, 3.8) is 0 Å². The Kier molecular flexibility index (Phi) is 7.45. The number of ether oxygens (including phenoxy) is 1. The van der Waals surface area contributed by atoms with Crippen LogP contribution in [0.5, 0.6) is 11.5 Å². The number of hydrogen-bond acceptors (Lipinski definition) is 5. The van der Waals surface area contributed by atoms with Crippen LogP contribution in [-0.4, -0.2) is 34.9 Å². The van der Waals surface area contributed by atoms with Gasteiger partial charge in [0.05, 0.1) is 18.7 Å². The topological polar surface area (TPSA) is 94.6 Å². The summed E-state index contributed by atoms with van der Waals surface area (Å²) in [6.45, 7) is 2.42. The number of phenols is 1. The van der Waals surface area contributed by atoms with Crippen molar-refractivity contribution in [1.29, 1.82) is 0 Å². The first kappa shape index (κ1) is 21.8. The summed E-state index contributed by atoms with van der Waals surface area (Å²) >= 11 is 0. The number of pyridine rings is 1. The van der Waals surface area contributed by atoms with E-state index in [1.807, 2.05) is 24.3 Å². The number of aliphatic hydroxyl groups excluding tert-OH is 1. The normalized spacial score (nSPS) is 13.0. The molecule has 0 spiro atoms. The van der Waals surface area contributed by atoms with Crippen molar-refractivity contribution in [3.8, 4) is 11.5 Å². The quantitative estimate of drug-likeness (QED) is 0.485. The molecule has 0 amide bonds. The highest BCUT2D eigenvalue weighted by Crippen LogP contribution is 2.28. The van der Waals surface area contributed by atoms with Gasteiger partial charge in [0.15, 0.2) is 0 Å². The molecule has 0 radical (unpaired) electrons. The second-order valence-electron chi connectivity index (χ2n) is 6.66. The molecule has 4 N–H and O–H groups in total. The zero-order chi connectivity index (χ0) is 19.4. The Bertz CT molecular complexity index is 972. The van der Waals surface area contributed by atoms with Crippen LogP contribution in [0, 0.1) is 0 Å². The summed E-state index contributed by atoms with van der Waals surface area (Å²) in [5.74, 6) is 0.812. The summed E-state index contributed by atoms with van der Waals surface area (Å²) in [7, 11) is 1.64. The van der Waals surface area contributed by atoms with E-state index in [2.05, 4.69) is 17.2 Å². The van der Waals surface area contributed by atoms with Crippen molar-refractivity contribution in [2.45, 2.75) is 25.5 Å². The largest absolute Gasteiger partial charge is 0.506 e. The van der Waals surface area contributed by atoms with E-state index in [-0.39, 0.29) is 29.8 Å². The van der Waals surface area contributed by atoms with E-state index in [1.165, 1.54) is 17.7 Å². The zero-order valence-electron chi connectivity index (χ0n) is 15.8. The Morgan fingerprint density at radius 3 is 2.50 bits per heavy atom. The first-order chi connectivity index (χ1) is 13.0. The number of halogens is 1. The van der Waals surface area contributed by atoms with E-state index in [4.69, 9.17) is 4.74 Å². The highest BCUT2D eigenvalue weighted by Gasteiger charge is 2.15. The maximum atomic E-state index is 11.5. The number of aromatic amines is 1. The predicted octanol–water partition coefficient (Wildman–Crippen LogP) is 2.92. The van der Waals surface area contributed by atoms with E-state index in [0.717, 1.165) is 12.2 Å². The smallest absolute Gasteiger partial charge is 0.248 e. The summed E-state index contributed by atoms with van der Waals surface area (Å²) in [5, 5.41) is 24.5. The number of aromatic nitrogens is 1. The van der Waals surface area contributed by atoms with Gasteiger partial charge < -0.3 is 25.3 Å². The molecule has 3 aromatic rings. The number of aliphatic hydroxyl groups is 1. The fourth-order valence-electron chi connectivity index (χ4n) is 3.16. The van der Waals surface area contributed by atoms with Crippen LogP contribution in [0.25, 0.3) is 10.9 Å². The molecule has 2 atom stereocenters. The first-order valence-corrected chi connectivity index (χ1v) is 8.87. The number of phenolic OH excluding ortho intramolecular Hbond substituents is 1. The molecule has 1 aromatic heterocycles. The summed E-state index contributed by atoms with van der Waals surface area (Å²) in [5.41, 5.74) is 1.88. The Morgan fingerprint density at radius 2 is 1.82 bits per heavy atom. The number of nitrogens with one attached hydrogen (secondary N) is 2. The summed E-state index contributed by atoms with van der Waals surface area (Å²) in [4.78, 5) is 14.1. The van der Waals surface area contributed by atoms with Crippen LogP contribution < -0.4 is 15.6 Å². The number of benzene rings is 2. The van der Waals surface area contributed by atoms with Gasteiger partial charge in [0.1, 0.15) is 11.5 Å². The third kappa shape index (κ3) is 5.04. The highest BCUT2D eigenvalue weighted by atomic mass is 35.5. The van der Waals surface area contributed by atoms with Gasteiger partial charge in [-0.1, -0.05) is 18.2 Å². The van der Waals surface area contributed by atoms with Crippen molar-refractivity contribution in [2.75, 3.05) is 13.7 Å². The van der Waals surface area contributed by atoms with Crippen molar-refractivity contribution >= 4 is 23.3 Å². The lowest BCUT2D eigenvalue weighted by Crippen LogP contribution is -2.32. The van der Waals surface area contributed by atoms with E-state index >= 15 is 0 Å². The van der Waals surface area contributed by atoms with Gasteiger partial charge in [-0.2, -0.15) is 0 Å². The molecule has 0 aliphatic heterocycles. The molecule has 2 aromatic carbocycles. The minimum atomic E-state index is -0.766. The van der Waals surface area contributed by atoms with E-state index in [0.29, 0.717) is 23.0 Å². The molecule has 3 rings (SSSR count). The lowest BCUT2D eigenvalue weighted by molar-refractivity contribution is 0.172. The molecule has 0 bridgehead atoms. The van der Waals surface area contributed by atoms with Crippen LogP contribution in [-0.2, 0) is 6.42 Å². The van der Waals surface area contributed by atoms with Crippen LogP contribution >= 0.6 is 12.4 Å². The highest BCUT2D eigenvalue weighted by molar-refractivity contribution is 5.87. The second-order valence-corrected chi connectivity index (χ2v) is 6.66. The van der Waals surface area contributed by atoms with Crippen molar-refractivity contribution in [2.24, 2.45) is 0 Å². The fourth-order valence-corrected chi connectivity index (χ4v) is 3.16. The summed E-state index contributed by atoms with van der Waals surface area (Å²) in [6.07, 6.45) is 0.0534. The van der Waals surface area contributed by atoms with E-state index in [1.54, 1.807) is 19.2 Å². The molecular formula is C21H25ClN2O4. The lowest BCUT2D eigenvalue weighted by atomic mass is 10.0. The molecule has 7 heteroatoms. The lowest BCUT2D eigenvalue weighted by Gasteiger charge is -2.19. The third-order valence-electron chi connectivity index (χ3n) is 4.63. The van der Waals surface area contributed by atoms with Gasteiger partial charge in [0.2, 0.25) is 5.56 Å². The molecule has 0 aliphatic rings. The Labute approximate surface area is 169 Å². The van der Waals surface area contributed by atoms with Crippen LogP contribution in [0.4, 0.5) is 0 Å². The number of hydrogen-bond donors (Lipinski definition) is 4. The van der Waals surface area contributed by atoms with Gasteiger partial charge in [-0.25, -0.2) is 0 Å². The van der Waals surface area contributed by atoms with Gasteiger partial charge in [-0.15, -0.1) is 12.4 Å². The number of fused-ring (bicyclic) bond motifs is 1. The van der Waals surface area contributed by atoms with Crippen molar-refractivity contribution in [1.82, 2.24) is 10.3 Å². The predicted molar refractivity (Wildman–Crippen MR) is 113 cm³/mol. The molecule has 0 unspecified atom stereocenters. The molecule has 0 aliphatic carbocycles. The van der Waals surface area contributed by atoms with Crippen LogP contribution in [0.3, 0.4) is 0 Å². The average molecular weight is 405 g/mol. The van der Waals surface area contributed by atoms with Gasteiger partial charge in [-0.3, -0.25) is 4.79 Å². The molecule has 6 nitrogen and oxygen atoms in total. The standard InChI is InChI=1S/C21H24N2O4.ClH/c1-13(11-14-3-5-15(27-2)6-4-14)22-12-19(25)16-7-9-18(24)21-17(16)8-10-20(26)23-21;/h3-10,13,19,22,24-25H,11-12H2,1-2H3,(H,23,26);1H/t13-,19+;/m1./s1. The molecular weight excluding hydrogens is 380 g/mol. The van der Waals surface area contributed by atoms with Crippen LogP contribution in [0.15, 0.2) is 53.3 Å². The number of methoxy groups -OCH3 is 1. The Morgan fingerprint density at radius 1 is 1.11 bits per heavy atom. The van der Waals surface area contributed by atoms with Crippen LogP contribution in [0.1, 0.15) is 24.2 Å². The molecule has 0 fully saturated rings. The van der Waals surface area contributed by atoms with Crippen LogP contribution in [0.2, 0.25) is 0 Å².